The number of aryl methyl sites for hydroxylation is 1. The van der Waals surface area contributed by atoms with Crippen LogP contribution in [0.15, 0.2) is 36.7 Å². The Balaban J connectivity index is 1.43. The van der Waals surface area contributed by atoms with E-state index in [2.05, 4.69) is 10.3 Å². The van der Waals surface area contributed by atoms with E-state index < -0.39 is 0 Å². The first-order chi connectivity index (χ1) is 11.7. The molecule has 1 aliphatic carbocycles. The molecule has 24 heavy (non-hydrogen) atoms. The van der Waals surface area contributed by atoms with Crippen LogP contribution < -0.4 is 10.1 Å². The summed E-state index contributed by atoms with van der Waals surface area (Å²) in [6.45, 7) is 0.427. The minimum atomic E-state index is 0.101. The number of imidazole rings is 1. The second kappa shape index (κ2) is 7.99. The van der Waals surface area contributed by atoms with Crippen LogP contribution in [-0.4, -0.2) is 15.5 Å². The van der Waals surface area contributed by atoms with E-state index in [0.717, 1.165) is 29.6 Å². The van der Waals surface area contributed by atoms with Crippen molar-refractivity contribution in [2.75, 3.05) is 5.32 Å². The van der Waals surface area contributed by atoms with Crippen molar-refractivity contribution in [3.63, 3.8) is 0 Å². The highest BCUT2D eigenvalue weighted by Gasteiger charge is 2.16. The van der Waals surface area contributed by atoms with Crippen LogP contribution in [0.5, 0.6) is 5.75 Å². The number of anilines is 1. The monoisotopic (exact) mass is 327 g/mol. The van der Waals surface area contributed by atoms with Crippen molar-refractivity contribution in [3.05, 3.63) is 42.5 Å². The number of aromatic nitrogens is 2. The van der Waals surface area contributed by atoms with Crippen molar-refractivity contribution in [2.24, 2.45) is 13.0 Å². The molecule has 3 rings (SSSR count). The standard InChI is InChI=1S/C19H25N3O2/c1-22-13-12-20-18(22)14-24-17-9-7-16(8-10-17)21-19(23)11-6-15-4-2-3-5-15/h7-10,12-13,15H,2-6,11,14H2,1H3,(H,21,23). The Bertz CT molecular complexity index is 658. The highest BCUT2D eigenvalue weighted by molar-refractivity contribution is 5.90. The fourth-order valence-corrected chi connectivity index (χ4v) is 3.18. The van der Waals surface area contributed by atoms with Gasteiger partial charge in [-0.05, 0) is 36.6 Å². The molecule has 5 heteroatoms. The van der Waals surface area contributed by atoms with Crippen molar-refractivity contribution in [1.82, 2.24) is 9.55 Å². The average molecular weight is 327 g/mol. The minimum Gasteiger partial charge on any atom is -0.486 e. The number of benzene rings is 1. The van der Waals surface area contributed by atoms with Crippen molar-refractivity contribution in [3.8, 4) is 5.75 Å². The Kier molecular flexibility index (Phi) is 5.51. The Hall–Kier alpha value is -2.30. The number of nitrogens with zero attached hydrogens (tertiary/aromatic N) is 2. The van der Waals surface area contributed by atoms with Gasteiger partial charge < -0.3 is 14.6 Å². The Labute approximate surface area is 143 Å². The Morgan fingerprint density at radius 2 is 2.04 bits per heavy atom. The molecule has 128 valence electrons. The summed E-state index contributed by atoms with van der Waals surface area (Å²) in [5.74, 6) is 2.49. The van der Waals surface area contributed by atoms with E-state index in [9.17, 15) is 4.79 Å². The number of amides is 1. The van der Waals surface area contributed by atoms with Crippen LogP contribution in [0, 0.1) is 5.92 Å². The number of ether oxygens (including phenoxy) is 1. The predicted octanol–water partition coefficient (Wildman–Crippen LogP) is 3.91. The second-order valence-corrected chi connectivity index (χ2v) is 6.50. The summed E-state index contributed by atoms with van der Waals surface area (Å²) in [5, 5.41) is 2.96. The van der Waals surface area contributed by atoms with E-state index in [0.29, 0.717) is 13.0 Å². The quantitative estimate of drug-likeness (QED) is 0.839. The van der Waals surface area contributed by atoms with E-state index in [1.807, 2.05) is 42.1 Å². The lowest BCUT2D eigenvalue weighted by atomic mass is 10.0. The molecule has 1 saturated carbocycles. The first kappa shape index (κ1) is 16.6. The molecule has 1 aromatic heterocycles. The SMILES string of the molecule is Cn1ccnc1COc1ccc(NC(=O)CCC2CCCC2)cc1. The molecule has 1 heterocycles. The van der Waals surface area contributed by atoms with Gasteiger partial charge in [0, 0.05) is 31.5 Å². The molecule has 0 atom stereocenters. The zero-order valence-electron chi connectivity index (χ0n) is 14.2. The maximum Gasteiger partial charge on any atom is 0.224 e. The summed E-state index contributed by atoms with van der Waals surface area (Å²) in [6.07, 6.45) is 10.5. The number of hydrogen-bond acceptors (Lipinski definition) is 3. The zero-order chi connectivity index (χ0) is 16.8. The second-order valence-electron chi connectivity index (χ2n) is 6.50. The molecule has 0 aliphatic heterocycles. The van der Waals surface area contributed by atoms with Crippen LogP contribution >= 0.6 is 0 Å². The van der Waals surface area contributed by atoms with Gasteiger partial charge in [-0.3, -0.25) is 4.79 Å². The number of carbonyl (C=O) groups excluding carboxylic acids is 1. The van der Waals surface area contributed by atoms with Gasteiger partial charge in [0.15, 0.2) is 0 Å². The van der Waals surface area contributed by atoms with Crippen molar-refractivity contribution >= 4 is 11.6 Å². The Morgan fingerprint density at radius 1 is 1.29 bits per heavy atom. The summed E-state index contributed by atoms with van der Waals surface area (Å²) in [6, 6.07) is 7.49. The fraction of sp³-hybridized carbons (Fsp3) is 0.474. The molecule has 1 aromatic carbocycles. The van der Waals surface area contributed by atoms with Gasteiger partial charge in [-0.25, -0.2) is 4.98 Å². The van der Waals surface area contributed by atoms with Crippen molar-refractivity contribution < 1.29 is 9.53 Å². The third-order valence-electron chi connectivity index (χ3n) is 4.68. The van der Waals surface area contributed by atoms with E-state index in [4.69, 9.17) is 4.74 Å². The molecule has 1 fully saturated rings. The van der Waals surface area contributed by atoms with Crippen LogP contribution in [0.2, 0.25) is 0 Å². The maximum atomic E-state index is 12.0. The van der Waals surface area contributed by atoms with Gasteiger partial charge in [0.05, 0.1) is 0 Å². The molecular weight excluding hydrogens is 302 g/mol. The van der Waals surface area contributed by atoms with Crippen LogP contribution in [0.4, 0.5) is 5.69 Å². The van der Waals surface area contributed by atoms with Gasteiger partial charge in [0.2, 0.25) is 5.91 Å². The summed E-state index contributed by atoms with van der Waals surface area (Å²) in [4.78, 5) is 16.2. The zero-order valence-corrected chi connectivity index (χ0v) is 14.2. The molecule has 5 nitrogen and oxygen atoms in total. The first-order valence-electron chi connectivity index (χ1n) is 8.69. The summed E-state index contributed by atoms with van der Waals surface area (Å²) in [7, 11) is 1.94. The van der Waals surface area contributed by atoms with E-state index in [1.54, 1.807) is 6.20 Å². The number of rotatable bonds is 7. The van der Waals surface area contributed by atoms with E-state index in [-0.39, 0.29) is 5.91 Å². The average Bonchev–Trinajstić information content (AvgIpc) is 3.24. The van der Waals surface area contributed by atoms with Crippen LogP contribution in [0.1, 0.15) is 44.3 Å². The van der Waals surface area contributed by atoms with Crippen LogP contribution in [0.25, 0.3) is 0 Å². The third kappa shape index (κ3) is 4.60. The molecule has 0 saturated heterocycles. The normalized spacial score (nSPS) is 14.7. The van der Waals surface area contributed by atoms with Gasteiger partial charge >= 0.3 is 0 Å². The van der Waals surface area contributed by atoms with Gasteiger partial charge in [0.25, 0.3) is 0 Å². The van der Waals surface area contributed by atoms with Gasteiger partial charge in [-0.1, -0.05) is 25.7 Å². The lowest BCUT2D eigenvalue weighted by Crippen LogP contribution is -2.12. The maximum absolute atomic E-state index is 12.0. The number of nitrogens with one attached hydrogen (secondary N) is 1. The molecule has 1 aliphatic rings. The van der Waals surface area contributed by atoms with Crippen molar-refractivity contribution in [1.29, 1.82) is 0 Å². The molecule has 2 aromatic rings. The third-order valence-corrected chi connectivity index (χ3v) is 4.68. The molecule has 1 N–H and O–H groups in total. The highest BCUT2D eigenvalue weighted by atomic mass is 16.5. The highest BCUT2D eigenvalue weighted by Crippen LogP contribution is 2.28. The summed E-state index contributed by atoms with van der Waals surface area (Å²) < 4.78 is 7.64. The van der Waals surface area contributed by atoms with Crippen LogP contribution in [-0.2, 0) is 18.4 Å². The lowest BCUT2D eigenvalue weighted by Gasteiger charge is -2.10. The molecule has 1 amide bonds. The molecule has 0 bridgehead atoms. The van der Waals surface area contributed by atoms with E-state index in [1.165, 1.54) is 25.7 Å². The van der Waals surface area contributed by atoms with Gasteiger partial charge in [0.1, 0.15) is 18.2 Å². The summed E-state index contributed by atoms with van der Waals surface area (Å²) >= 11 is 0. The number of hydrogen-bond donors (Lipinski definition) is 1. The topological polar surface area (TPSA) is 56.1 Å². The van der Waals surface area contributed by atoms with Gasteiger partial charge in [-0.15, -0.1) is 0 Å². The Morgan fingerprint density at radius 3 is 2.71 bits per heavy atom. The van der Waals surface area contributed by atoms with Crippen molar-refractivity contribution in [2.45, 2.75) is 45.1 Å². The molecule has 0 radical (unpaired) electrons. The number of carbonyl (C=O) groups is 1. The fourth-order valence-electron chi connectivity index (χ4n) is 3.18. The van der Waals surface area contributed by atoms with E-state index >= 15 is 0 Å². The molecular formula is C19H25N3O2. The molecule has 0 spiro atoms. The van der Waals surface area contributed by atoms with Gasteiger partial charge in [-0.2, -0.15) is 0 Å². The molecule has 0 unspecified atom stereocenters. The predicted molar refractivity (Wildman–Crippen MR) is 93.8 cm³/mol. The summed E-state index contributed by atoms with van der Waals surface area (Å²) in [5.41, 5.74) is 0.816. The van der Waals surface area contributed by atoms with Crippen LogP contribution in [0.3, 0.4) is 0 Å². The minimum absolute atomic E-state index is 0.101. The first-order valence-corrected chi connectivity index (χ1v) is 8.69. The smallest absolute Gasteiger partial charge is 0.224 e. The largest absolute Gasteiger partial charge is 0.486 e. The lowest BCUT2D eigenvalue weighted by molar-refractivity contribution is -0.116.